The standard InChI is InChI=1S/C16H18N2O4/c1-20-13-5-3-4-6-14(13)22-11-15(19)18-10-12-7-8-17-16(9-12)21-2/h3-9H,10-11H2,1-2H3,(H,18,19). The van der Waals surface area contributed by atoms with E-state index in [0.29, 0.717) is 23.9 Å². The van der Waals surface area contributed by atoms with Crippen LogP contribution in [0.4, 0.5) is 0 Å². The molecule has 1 aromatic carbocycles. The molecule has 1 N–H and O–H groups in total. The molecular weight excluding hydrogens is 284 g/mol. The molecular formula is C16H18N2O4. The third-order valence-electron chi connectivity index (χ3n) is 2.93. The molecule has 0 bridgehead atoms. The first-order valence-electron chi connectivity index (χ1n) is 6.74. The first kappa shape index (κ1) is 15.6. The van der Waals surface area contributed by atoms with Crippen LogP contribution in [0.15, 0.2) is 42.6 Å². The molecule has 0 saturated heterocycles. The quantitative estimate of drug-likeness (QED) is 0.844. The molecule has 0 aliphatic rings. The van der Waals surface area contributed by atoms with Crippen molar-refractivity contribution >= 4 is 5.91 Å². The Labute approximate surface area is 129 Å². The maximum atomic E-state index is 11.8. The highest BCUT2D eigenvalue weighted by atomic mass is 16.5. The van der Waals surface area contributed by atoms with Crippen molar-refractivity contribution in [2.24, 2.45) is 0 Å². The van der Waals surface area contributed by atoms with E-state index in [1.54, 1.807) is 38.6 Å². The molecule has 6 nitrogen and oxygen atoms in total. The van der Waals surface area contributed by atoms with Gasteiger partial charge in [0.1, 0.15) is 0 Å². The highest BCUT2D eigenvalue weighted by Crippen LogP contribution is 2.25. The highest BCUT2D eigenvalue weighted by molar-refractivity contribution is 5.77. The van der Waals surface area contributed by atoms with Gasteiger partial charge in [0.25, 0.3) is 5.91 Å². The van der Waals surface area contributed by atoms with Gasteiger partial charge in [-0.15, -0.1) is 0 Å². The number of carbonyl (C=O) groups is 1. The molecule has 2 aromatic rings. The second kappa shape index (κ2) is 7.87. The smallest absolute Gasteiger partial charge is 0.258 e. The van der Waals surface area contributed by atoms with Crippen LogP contribution in [0.1, 0.15) is 5.56 Å². The highest BCUT2D eigenvalue weighted by Gasteiger charge is 2.07. The first-order chi connectivity index (χ1) is 10.7. The topological polar surface area (TPSA) is 69.7 Å². The van der Waals surface area contributed by atoms with Crippen LogP contribution in [0.25, 0.3) is 0 Å². The zero-order valence-electron chi connectivity index (χ0n) is 12.5. The molecule has 1 heterocycles. The van der Waals surface area contributed by atoms with Gasteiger partial charge in [0.05, 0.1) is 14.2 Å². The summed E-state index contributed by atoms with van der Waals surface area (Å²) in [6.45, 7) is 0.301. The van der Waals surface area contributed by atoms with E-state index in [9.17, 15) is 4.79 Å². The molecule has 0 aliphatic carbocycles. The van der Waals surface area contributed by atoms with Crippen LogP contribution in [0.5, 0.6) is 17.4 Å². The van der Waals surface area contributed by atoms with Gasteiger partial charge in [0.15, 0.2) is 18.1 Å². The van der Waals surface area contributed by atoms with Gasteiger partial charge < -0.3 is 19.5 Å². The Morgan fingerprint density at radius 2 is 1.91 bits per heavy atom. The third-order valence-corrected chi connectivity index (χ3v) is 2.93. The predicted molar refractivity (Wildman–Crippen MR) is 81.1 cm³/mol. The zero-order valence-corrected chi connectivity index (χ0v) is 12.5. The molecule has 116 valence electrons. The van der Waals surface area contributed by atoms with Crippen LogP contribution in [0, 0.1) is 0 Å². The van der Waals surface area contributed by atoms with Gasteiger partial charge in [0.2, 0.25) is 5.88 Å². The van der Waals surface area contributed by atoms with Gasteiger partial charge >= 0.3 is 0 Å². The summed E-state index contributed by atoms with van der Waals surface area (Å²) in [5.41, 5.74) is 0.900. The van der Waals surface area contributed by atoms with Crippen molar-refractivity contribution in [3.63, 3.8) is 0 Å². The van der Waals surface area contributed by atoms with E-state index >= 15 is 0 Å². The van der Waals surface area contributed by atoms with Gasteiger partial charge in [-0.25, -0.2) is 4.98 Å². The molecule has 0 radical (unpaired) electrons. The van der Waals surface area contributed by atoms with Crippen LogP contribution < -0.4 is 19.5 Å². The van der Waals surface area contributed by atoms with Crippen LogP contribution in [-0.2, 0) is 11.3 Å². The molecule has 1 aromatic heterocycles. The Bertz CT molecular complexity index is 631. The van der Waals surface area contributed by atoms with Crippen molar-refractivity contribution in [2.45, 2.75) is 6.54 Å². The Morgan fingerprint density at radius 3 is 2.64 bits per heavy atom. The molecule has 0 saturated carbocycles. The average molecular weight is 302 g/mol. The number of hydrogen-bond donors (Lipinski definition) is 1. The van der Waals surface area contributed by atoms with E-state index in [1.165, 1.54) is 0 Å². The Hall–Kier alpha value is -2.76. The van der Waals surface area contributed by atoms with Crippen LogP contribution >= 0.6 is 0 Å². The number of methoxy groups -OCH3 is 2. The molecule has 0 atom stereocenters. The predicted octanol–water partition coefficient (Wildman–Crippen LogP) is 1.79. The molecule has 0 aliphatic heterocycles. The van der Waals surface area contributed by atoms with Gasteiger partial charge in [-0.2, -0.15) is 0 Å². The number of nitrogens with one attached hydrogen (secondary N) is 1. The normalized spacial score (nSPS) is 9.91. The lowest BCUT2D eigenvalue weighted by Crippen LogP contribution is -2.28. The van der Waals surface area contributed by atoms with E-state index in [0.717, 1.165) is 5.56 Å². The Morgan fingerprint density at radius 1 is 1.14 bits per heavy atom. The molecule has 1 amide bonds. The van der Waals surface area contributed by atoms with Crippen molar-refractivity contribution in [1.82, 2.24) is 10.3 Å². The summed E-state index contributed by atoms with van der Waals surface area (Å²) in [7, 11) is 3.10. The van der Waals surface area contributed by atoms with Crippen molar-refractivity contribution < 1.29 is 19.0 Å². The number of rotatable bonds is 7. The van der Waals surface area contributed by atoms with E-state index in [4.69, 9.17) is 14.2 Å². The van der Waals surface area contributed by atoms with Crippen LogP contribution in [0.3, 0.4) is 0 Å². The second-order valence-electron chi connectivity index (χ2n) is 4.42. The summed E-state index contributed by atoms with van der Waals surface area (Å²) in [5, 5.41) is 2.77. The lowest BCUT2D eigenvalue weighted by molar-refractivity contribution is -0.123. The SMILES string of the molecule is COc1cc(CNC(=O)COc2ccccc2OC)ccn1. The first-order valence-corrected chi connectivity index (χ1v) is 6.74. The summed E-state index contributed by atoms with van der Waals surface area (Å²) in [6.07, 6.45) is 1.63. The second-order valence-corrected chi connectivity index (χ2v) is 4.42. The molecule has 22 heavy (non-hydrogen) atoms. The molecule has 6 heteroatoms. The van der Waals surface area contributed by atoms with Crippen molar-refractivity contribution in [3.8, 4) is 17.4 Å². The Kier molecular flexibility index (Phi) is 5.59. The van der Waals surface area contributed by atoms with E-state index in [2.05, 4.69) is 10.3 Å². The summed E-state index contributed by atoms with van der Waals surface area (Å²) in [4.78, 5) is 15.8. The van der Waals surface area contributed by atoms with Gasteiger partial charge in [-0.05, 0) is 23.8 Å². The minimum absolute atomic E-state index is 0.0808. The number of aromatic nitrogens is 1. The van der Waals surface area contributed by atoms with Crippen LogP contribution in [-0.4, -0.2) is 31.7 Å². The largest absolute Gasteiger partial charge is 0.493 e. The molecule has 0 spiro atoms. The fraction of sp³-hybridized carbons (Fsp3) is 0.250. The fourth-order valence-electron chi connectivity index (χ4n) is 1.81. The molecule has 0 fully saturated rings. The number of pyridine rings is 1. The lowest BCUT2D eigenvalue weighted by Gasteiger charge is -2.10. The number of benzene rings is 1. The maximum Gasteiger partial charge on any atom is 0.258 e. The average Bonchev–Trinajstić information content (AvgIpc) is 2.58. The third kappa shape index (κ3) is 4.37. The zero-order chi connectivity index (χ0) is 15.8. The van der Waals surface area contributed by atoms with E-state index in [1.807, 2.05) is 18.2 Å². The lowest BCUT2D eigenvalue weighted by atomic mass is 10.2. The molecule has 2 rings (SSSR count). The van der Waals surface area contributed by atoms with Crippen LogP contribution in [0.2, 0.25) is 0 Å². The van der Waals surface area contributed by atoms with Crippen molar-refractivity contribution in [2.75, 3.05) is 20.8 Å². The fourth-order valence-corrected chi connectivity index (χ4v) is 1.81. The minimum Gasteiger partial charge on any atom is -0.493 e. The Balaban J connectivity index is 1.83. The number of ether oxygens (including phenoxy) is 3. The van der Waals surface area contributed by atoms with Crippen molar-refractivity contribution in [3.05, 3.63) is 48.2 Å². The van der Waals surface area contributed by atoms with Gasteiger partial charge in [-0.3, -0.25) is 4.79 Å². The number of amides is 1. The number of nitrogens with zero attached hydrogens (tertiary/aromatic N) is 1. The summed E-state index contributed by atoms with van der Waals surface area (Å²) in [6, 6.07) is 10.8. The summed E-state index contributed by atoms with van der Waals surface area (Å²) >= 11 is 0. The minimum atomic E-state index is -0.221. The van der Waals surface area contributed by atoms with E-state index < -0.39 is 0 Å². The monoisotopic (exact) mass is 302 g/mol. The van der Waals surface area contributed by atoms with Gasteiger partial charge in [0, 0.05) is 18.8 Å². The van der Waals surface area contributed by atoms with Gasteiger partial charge in [-0.1, -0.05) is 12.1 Å². The number of carbonyl (C=O) groups excluding carboxylic acids is 1. The molecule has 0 unspecified atom stereocenters. The van der Waals surface area contributed by atoms with Crippen molar-refractivity contribution in [1.29, 1.82) is 0 Å². The van der Waals surface area contributed by atoms with E-state index in [-0.39, 0.29) is 12.5 Å². The summed E-state index contributed by atoms with van der Waals surface area (Å²) < 4.78 is 15.6. The number of hydrogen-bond acceptors (Lipinski definition) is 5. The summed E-state index contributed by atoms with van der Waals surface area (Å²) in [5.74, 6) is 1.42. The maximum absolute atomic E-state index is 11.8. The number of para-hydroxylation sites is 2.